The van der Waals surface area contributed by atoms with Crippen molar-refractivity contribution in [2.24, 2.45) is 0 Å². The van der Waals surface area contributed by atoms with Crippen LogP contribution in [0, 0.1) is 0 Å². The van der Waals surface area contributed by atoms with Crippen molar-refractivity contribution in [1.82, 2.24) is 4.90 Å². The molecule has 3 rings (SSSR count). The minimum atomic E-state index is -0.133. The molecule has 0 unspecified atom stereocenters. The van der Waals surface area contributed by atoms with E-state index in [9.17, 15) is 9.59 Å². The summed E-state index contributed by atoms with van der Waals surface area (Å²) in [7, 11) is 1.79. The van der Waals surface area contributed by atoms with Crippen LogP contribution in [-0.2, 0) is 11.3 Å². The number of hydrogen-bond acceptors (Lipinski definition) is 3. The normalized spacial score (nSPS) is 10.6. The molecule has 0 bridgehead atoms. The second-order valence-electron chi connectivity index (χ2n) is 7.87. The van der Waals surface area contributed by atoms with Gasteiger partial charge in [0.15, 0.2) is 0 Å². The summed E-state index contributed by atoms with van der Waals surface area (Å²) >= 11 is 0. The van der Waals surface area contributed by atoms with Gasteiger partial charge in [-0.1, -0.05) is 68.4 Å². The Balaban J connectivity index is 1.59. The van der Waals surface area contributed by atoms with Gasteiger partial charge in [0.1, 0.15) is 0 Å². The second-order valence-corrected chi connectivity index (χ2v) is 7.87. The maximum absolute atomic E-state index is 12.8. The first kappa shape index (κ1) is 22.1. The van der Waals surface area contributed by atoms with E-state index < -0.39 is 0 Å². The molecule has 0 saturated carbocycles. The lowest BCUT2D eigenvalue weighted by Crippen LogP contribution is -2.26. The molecule has 160 valence electrons. The monoisotopic (exact) mass is 415 g/mol. The molecule has 2 N–H and O–H groups in total. The summed E-state index contributed by atoms with van der Waals surface area (Å²) in [5.74, 6) is 0.119. The van der Waals surface area contributed by atoms with Gasteiger partial charge in [0.25, 0.3) is 5.91 Å². The largest absolute Gasteiger partial charge is 0.376 e. The summed E-state index contributed by atoms with van der Waals surface area (Å²) in [5.41, 5.74) is 4.31. The Kier molecular flexibility index (Phi) is 7.44. The van der Waals surface area contributed by atoms with E-state index in [1.807, 2.05) is 66.7 Å². The standard InChI is InChI=1S/C26H29N3O2/c1-19(2)23-14-7-8-15-24(23)28-25(30)17-27-22-13-9-12-21(16-22)26(31)29(3)18-20-10-5-4-6-11-20/h4-16,19,27H,17-18H2,1-3H3,(H,28,30). The molecule has 0 spiro atoms. The number of carbonyl (C=O) groups excluding carboxylic acids is 2. The van der Waals surface area contributed by atoms with Crippen molar-refractivity contribution in [2.45, 2.75) is 26.3 Å². The van der Waals surface area contributed by atoms with Crippen LogP contribution in [0.3, 0.4) is 0 Å². The van der Waals surface area contributed by atoms with Gasteiger partial charge >= 0.3 is 0 Å². The van der Waals surface area contributed by atoms with Gasteiger partial charge in [-0.05, 0) is 41.3 Å². The van der Waals surface area contributed by atoms with Crippen molar-refractivity contribution < 1.29 is 9.59 Å². The van der Waals surface area contributed by atoms with Crippen molar-refractivity contribution in [1.29, 1.82) is 0 Å². The molecule has 0 radical (unpaired) electrons. The molecule has 5 nitrogen and oxygen atoms in total. The van der Waals surface area contributed by atoms with Crippen LogP contribution in [0.5, 0.6) is 0 Å². The Labute approximate surface area is 184 Å². The van der Waals surface area contributed by atoms with Gasteiger partial charge in [0, 0.05) is 30.5 Å². The molecular weight excluding hydrogens is 386 g/mol. The average molecular weight is 416 g/mol. The zero-order valence-electron chi connectivity index (χ0n) is 18.3. The van der Waals surface area contributed by atoms with Gasteiger partial charge in [0.05, 0.1) is 6.54 Å². The van der Waals surface area contributed by atoms with Gasteiger partial charge in [-0.3, -0.25) is 9.59 Å². The highest BCUT2D eigenvalue weighted by Crippen LogP contribution is 2.23. The number of benzene rings is 3. The number of hydrogen-bond donors (Lipinski definition) is 2. The lowest BCUT2D eigenvalue weighted by Gasteiger charge is -2.18. The molecule has 0 saturated heterocycles. The van der Waals surface area contributed by atoms with Crippen LogP contribution in [0.4, 0.5) is 11.4 Å². The number of carbonyl (C=O) groups is 2. The Bertz CT molecular complexity index is 1030. The number of amides is 2. The van der Waals surface area contributed by atoms with E-state index in [1.54, 1.807) is 24.1 Å². The smallest absolute Gasteiger partial charge is 0.253 e. The van der Waals surface area contributed by atoms with Crippen LogP contribution in [-0.4, -0.2) is 30.3 Å². The number of nitrogens with zero attached hydrogens (tertiary/aromatic N) is 1. The molecule has 0 heterocycles. The lowest BCUT2D eigenvalue weighted by molar-refractivity contribution is -0.114. The van der Waals surface area contributed by atoms with Gasteiger partial charge in [-0.25, -0.2) is 0 Å². The quantitative estimate of drug-likeness (QED) is 0.536. The first-order chi connectivity index (χ1) is 14.9. The van der Waals surface area contributed by atoms with Crippen molar-refractivity contribution >= 4 is 23.2 Å². The molecule has 31 heavy (non-hydrogen) atoms. The fraction of sp³-hybridized carbons (Fsp3) is 0.231. The molecule has 3 aromatic rings. The van der Waals surface area contributed by atoms with Crippen LogP contribution >= 0.6 is 0 Å². The predicted octanol–water partition coefficient (Wildman–Crippen LogP) is 5.13. The molecule has 0 aliphatic heterocycles. The summed E-state index contributed by atoms with van der Waals surface area (Å²) in [6.07, 6.45) is 0. The molecule has 0 atom stereocenters. The van der Waals surface area contributed by atoms with Gasteiger partial charge in [0.2, 0.25) is 5.91 Å². The molecule has 0 aliphatic carbocycles. The Hall–Kier alpha value is -3.60. The summed E-state index contributed by atoms with van der Waals surface area (Å²) in [6.45, 7) is 4.85. The summed E-state index contributed by atoms with van der Waals surface area (Å²) in [6, 6.07) is 24.9. The van der Waals surface area contributed by atoms with E-state index in [1.165, 1.54) is 0 Å². The highest BCUT2D eigenvalue weighted by atomic mass is 16.2. The number of nitrogens with one attached hydrogen (secondary N) is 2. The van der Waals surface area contributed by atoms with Crippen LogP contribution in [0.15, 0.2) is 78.9 Å². The first-order valence-corrected chi connectivity index (χ1v) is 10.5. The fourth-order valence-electron chi connectivity index (χ4n) is 3.40. The van der Waals surface area contributed by atoms with Crippen LogP contribution in [0.25, 0.3) is 0 Å². The Morgan fingerprint density at radius 2 is 1.61 bits per heavy atom. The van der Waals surface area contributed by atoms with E-state index in [0.717, 1.165) is 22.5 Å². The highest BCUT2D eigenvalue weighted by molar-refractivity contribution is 5.96. The SMILES string of the molecule is CC(C)c1ccccc1NC(=O)CNc1cccc(C(=O)N(C)Cc2ccccc2)c1. The van der Waals surface area contributed by atoms with Crippen molar-refractivity contribution in [3.8, 4) is 0 Å². The van der Waals surface area contributed by atoms with E-state index >= 15 is 0 Å². The number of anilines is 2. The van der Waals surface area contributed by atoms with Gasteiger partial charge in [-0.15, -0.1) is 0 Å². The molecule has 5 heteroatoms. The summed E-state index contributed by atoms with van der Waals surface area (Å²) in [5, 5.41) is 6.08. The molecule has 2 amide bonds. The summed E-state index contributed by atoms with van der Waals surface area (Å²) in [4.78, 5) is 26.9. The molecule has 0 aliphatic rings. The number of para-hydroxylation sites is 1. The minimum Gasteiger partial charge on any atom is -0.376 e. The van der Waals surface area contributed by atoms with E-state index in [-0.39, 0.29) is 18.4 Å². The topological polar surface area (TPSA) is 61.4 Å². The second kappa shape index (κ2) is 10.4. The third-order valence-corrected chi connectivity index (χ3v) is 5.03. The zero-order chi connectivity index (χ0) is 22.2. The van der Waals surface area contributed by atoms with Crippen LogP contribution in [0.1, 0.15) is 41.3 Å². The molecule has 0 fully saturated rings. The van der Waals surface area contributed by atoms with Crippen molar-refractivity contribution in [3.05, 3.63) is 95.6 Å². The highest BCUT2D eigenvalue weighted by Gasteiger charge is 2.13. The maximum Gasteiger partial charge on any atom is 0.253 e. The van der Waals surface area contributed by atoms with E-state index in [4.69, 9.17) is 0 Å². The van der Waals surface area contributed by atoms with E-state index in [2.05, 4.69) is 24.5 Å². The lowest BCUT2D eigenvalue weighted by atomic mass is 10.0. The number of rotatable bonds is 8. The zero-order valence-corrected chi connectivity index (χ0v) is 18.3. The Morgan fingerprint density at radius 3 is 2.35 bits per heavy atom. The molecule has 3 aromatic carbocycles. The fourth-order valence-corrected chi connectivity index (χ4v) is 3.40. The first-order valence-electron chi connectivity index (χ1n) is 10.5. The van der Waals surface area contributed by atoms with Crippen molar-refractivity contribution in [2.75, 3.05) is 24.2 Å². The predicted molar refractivity (Wildman–Crippen MR) is 126 cm³/mol. The van der Waals surface area contributed by atoms with E-state index in [0.29, 0.717) is 18.0 Å². The molecule has 0 aromatic heterocycles. The van der Waals surface area contributed by atoms with Crippen molar-refractivity contribution in [3.63, 3.8) is 0 Å². The van der Waals surface area contributed by atoms with Crippen LogP contribution in [0.2, 0.25) is 0 Å². The average Bonchev–Trinajstić information content (AvgIpc) is 2.78. The Morgan fingerprint density at radius 1 is 0.903 bits per heavy atom. The van der Waals surface area contributed by atoms with Crippen LogP contribution < -0.4 is 10.6 Å². The third-order valence-electron chi connectivity index (χ3n) is 5.03. The maximum atomic E-state index is 12.8. The minimum absolute atomic E-state index is 0.0668. The van der Waals surface area contributed by atoms with Gasteiger partial charge in [-0.2, -0.15) is 0 Å². The van der Waals surface area contributed by atoms with Gasteiger partial charge < -0.3 is 15.5 Å². The molecular formula is C26H29N3O2. The third kappa shape index (κ3) is 6.19. The summed E-state index contributed by atoms with van der Waals surface area (Å²) < 4.78 is 0.